The van der Waals surface area contributed by atoms with Gasteiger partial charge in [-0.25, -0.2) is 0 Å². The van der Waals surface area contributed by atoms with E-state index >= 15 is 0 Å². The molecule has 0 atom stereocenters. The summed E-state index contributed by atoms with van der Waals surface area (Å²) < 4.78 is 6.01. The fourth-order valence-corrected chi connectivity index (χ4v) is 2.33. The fourth-order valence-electron chi connectivity index (χ4n) is 1.77. The Labute approximate surface area is 131 Å². The molecule has 0 aromatic heterocycles. The maximum Gasteiger partial charge on any atom is 0.255 e. The van der Waals surface area contributed by atoms with Gasteiger partial charge in [0.1, 0.15) is 5.75 Å². The van der Waals surface area contributed by atoms with Crippen LogP contribution in [0.2, 0.25) is 5.02 Å². The van der Waals surface area contributed by atoms with Crippen molar-refractivity contribution in [2.75, 3.05) is 7.11 Å². The van der Waals surface area contributed by atoms with Crippen LogP contribution < -0.4 is 10.1 Å². The Morgan fingerprint density at radius 3 is 2.75 bits per heavy atom. The second-order valence-corrected chi connectivity index (χ2v) is 5.44. The van der Waals surface area contributed by atoms with Crippen LogP contribution in [0.1, 0.15) is 15.9 Å². The molecule has 0 aliphatic rings. The smallest absolute Gasteiger partial charge is 0.255 e. The summed E-state index contributed by atoms with van der Waals surface area (Å²) in [5.41, 5.74) is 1.35. The van der Waals surface area contributed by atoms with Crippen LogP contribution in [-0.2, 0) is 6.54 Å². The first-order valence-electron chi connectivity index (χ1n) is 5.97. The van der Waals surface area contributed by atoms with Gasteiger partial charge < -0.3 is 10.1 Å². The molecule has 5 heteroatoms. The average Bonchev–Trinajstić information content (AvgIpc) is 2.46. The lowest BCUT2D eigenvalue weighted by atomic mass is 10.1. The Morgan fingerprint density at radius 1 is 1.30 bits per heavy atom. The number of benzene rings is 2. The van der Waals surface area contributed by atoms with Gasteiger partial charge >= 0.3 is 0 Å². The van der Waals surface area contributed by atoms with E-state index in [0.717, 1.165) is 10.0 Å². The van der Waals surface area contributed by atoms with E-state index in [-0.39, 0.29) is 5.91 Å². The van der Waals surface area contributed by atoms with E-state index in [4.69, 9.17) is 16.3 Å². The number of carbonyl (C=O) groups excluding carboxylic acids is 1. The Morgan fingerprint density at radius 2 is 2.05 bits per heavy atom. The van der Waals surface area contributed by atoms with Gasteiger partial charge in [-0.2, -0.15) is 0 Å². The summed E-state index contributed by atoms with van der Waals surface area (Å²) in [4.78, 5) is 12.2. The molecule has 0 unspecified atom stereocenters. The molecule has 0 aliphatic heterocycles. The third kappa shape index (κ3) is 3.52. The van der Waals surface area contributed by atoms with Crippen LogP contribution in [0.25, 0.3) is 0 Å². The van der Waals surface area contributed by atoms with Gasteiger partial charge in [-0.05, 0) is 29.8 Å². The molecular weight excluding hydrogens is 342 g/mol. The number of amides is 1. The predicted octanol–water partition coefficient (Wildman–Crippen LogP) is 4.04. The first kappa shape index (κ1) is 14.9. The van der Waals surface area contributed by atoms with Gasteiger partial charge in [0.15, 0.2) is 0 Å². The number of hydrogen-bond acceptors (Lipinski definition) is 2. The number of nitrogens with one attached hydrogen (secondary N) is 1. The van der Waals surface area contributed by atoms with Crippen LogP contribution in [0.5, 0.6) is 5.75 Å². The second-order valence-electron chi connectivity index (χ2n) is 4.12. The number of methoxy groups -OCH3 is 1. The molecule has 0 heterocycles. The monoisotopic (exact) mass is 353 g/mol. The van der Waals surface area contributed by atoms with Gasteiger partial charge in [-0.1, -0.05) is 45.7 Å². The number of rotatable bonds is 4. The van der Waals surface area contributed by atoms with Gasteiger partial charge in [0.05, 0.1) is 12.7 Å². The molecule has 0 aliphatic carbocycles. The van der Waals surface area contributed by atoms with Crippen molar-refractivity contribution in [3.05, 3.63) is 63.1 Å². The van der Waals surface area contributed by atoms with Gasteiger partial charge in [-0.15, -0.1) is 0 Å². The molecule has 0 saturated carbocycles. The number of ether oxygens (including phenoxy) is 1. The highest BCUT2D eigenvalue weighted by Gasteiger charge is 2.12. The van der Waals surface area contributed by atoms with E-state index in [1.807, 2.05) is 24.3 Å². The molecule has 104 valence electrons. The lowest BCUT2D eigenvalue weighted by Crippen LogP contribution is -2.23. The molecule has 1 N–H and O–H groups in total. The Hall–Kier alpha value is -1.52. The first-order chi connectivity index (χ1) is 9.61. The highest BCUT2D eigenvalue weighted by Crippen LogP contribution is 2.23. The highest BCUT2D eigenvalue weighted by molar-refractivity contribution is 9.10. The molecule has 0 radical (unpaired) electrons. The third-order valence-corrected chi connectivity index (χ3v) is 3.67. The lowest BCUT2D eigenvalue weighted by molar-refractivity contribution is 0.0948. The maximum absolute atomic E-state index is 12.2. The molecule has 1 amide bonds. The largest absolute Gasteiger partial charge is 0.496 e. The van der Waals surface area contributed by atoms with Crippen molar-refractivity contribution in [1.29, 1.82) is 0 Å². The lowest BCUT2D eigenvalue weighted by Gasteiger charge is -2.10. The average molecular weight is 355 g/mol. The van der Waals surface area contributed by atoms with Crippen LogP contribution in [0.4, 0.5) is 0 Å². The zero-order chi connectivity index (χ0) is 14.5. The zero-order valence-corrected chi connectivity index (χ0v) is 13.2. The minimum absolute atomic E-state index is 0.205. The van der Waals surface area contributed by atoms with Gasteiger partial charge in [0.2, 0.25) is 0 Å². The van der Waals surface area contributed by atoms with Gasteiger partial charge in [-0.3, -0.25) is 4.79 Å². The van der Waals surface area contributed by atoms with E-state index < -0.39 is 0 Å². The summed E-state index contributed by atoms with van der Waals surface area (Å²) in [6.45, 7) is 0.369. The van der Waals surface area contributed by atoms with Gasteiger partial charge in [0, 0.05) is 16.0 Å². The van der Waals surface area contributed by atoms with E-state index in [2.05, 4.69) is 21.2 Å². The van der Waals surface area contributed by atoms with Crippen molar-refractivity contribution in [3.63, 3.8) is 0 Å². The van der Waals surface area contributed by atoms with Crippen molar-refractivity contribution in [2.24, 2.45) is 0 Å². The van der Waals surface area contributed by atoms with E-state index in [0.29, 0.717) is 22.9 Å². The minimum atomic E-state index is -0.205. The van der Waals surface area contributed by atoms with Crippen LogP contribution in [0.3, 0.4) is 0 Å². The predicted molar refractivity (Wildman–Crippen MR) is 83.3 cm³/mol. The molecule has 0 fully saturated rings. The molecule has 0 saturated heterocycles. The summed E-state index contributed by atoms with van der Waals surface area (Å²) in [6, 6.07) is 12.7. The molecule has 0 spiro atoms. The van der Waals surface area contributed by atoms with Crippen molar-refractivity contribution in [2.45, 2.75) is 6.54 Å². The normalized spacial score (nSPS) is 10.2. The first-order valence-corrected chi connectivity index (χ1v) is 7.14. The van der Waals surface area contributed by atoms with Crippen molar-refractivity contribution in [3.8, 4) is 5.75 Å². The van der Waals surface area contributed by atoms with Crippen LogP contribution in [0, 0.1) is 0 Å². The third-order valence-electron chi connectivity index (χ3n) is 2.80. The molecular formula is C15H13BrClNO2. The highest BCUT2D eigenvalue weighted by atomic mass is 79.9. The fraction of sp³-hybridized carbons (Fsp3) is 0.133. The van der Waals surface area contributed by atoms with Crippen molar-refractivity contribution in [1.82, 2.24) is 5.32 Å². The number of halogens is 2. The van der Waals surface area contributed by atoms with Crippen molar-refractivity contribution < 1.29 is 9.53 Å². The summed E-state index contributed by atoms with van der Waals surface area (Å²) in [7, 11) is 1.54. The molecule has 2 aromatic carbocycles. The van der Waals surface area contributed by atoms with Crippen LogP contribution in [0.15, 0.2) is 46.9 Å². The summed E-state index contributed by atoms with van der Waals surface area (Å²) in [5, 5.41) is 3.47. The number of carbonyl (C=O) groups is 1. The zero-order valence-electron chi connectivity index (χ0n) is 10.8. The topological polar surface area (TPSA) is 38.3 Å². The summed E-state index contributed by atoms with van der Waals surface area (Å²) in [5.74, 6) is 0.327. The maximum atomic E-state index is 12.2. The minimum Gasteiger partial charge on any atom is -0.496 e. The molecule has 3 nitrogen and oxygen atoms in total. The van der Waals surface area contributed by atoms with Crippen LogP contribution in [-0.4, -0.2) is 13.0 Å². The second kappa shape index (κ2) is 6.77. The molecule has 2 rings (SSSR count). The SMILES string of the molecule is COc1ccc(Br)cc1C(=O)NCc1ccccc1Cl. The Kier molecular flexibility index (Phi) is 5.04. The number of hydrogen-bond donors (Lipinski definition) is 1. The summed E-state index contributed by atoms with van der Waals surface area (Å²) >= 11 is 9.40. The quantitative estimate of drug-likeness (QED) is 0.900. The summed E-state index contributed by atoms with van der Waals surface area (Å²) in [6.07, 6.45) is 0. The molecule has 2 aromatic rings. The van der Waals surface area contributed by atoms with E-state index in [1.165, 1.54) is 7.11 Å². The Balaban J connectivity index is 2.13. The van der Waals surface area contributed by atoms with Crippen LogP contribution >= 0.6 is 27.5 Å². The van der Waals surface area contributed by atoms with Gasteiger partial charge in [0.25, 0.3) is 5.91 Å². The molecule has 0 bridgehead atoms. The standard InChI is InChI=1S/C15H13BrClNO2/c1-20-14-7-6-11(16)8-12(14)15(19)18-9-10-4-2-3-5-13(10)17/h2-8H,9H2,1H3,(H,18,19). The molecule has 20 heavy (non-hydrogen) atoms. The van der Waals surface area contributed by atoms with Crippen molar-refractivity contribution >= 4 is 33.4 Å². The van der Waals surface area contributed by atoms with E-state index in [9.17, 15) is 4.79 Å². The van der Waals surface area contributed by atoms with E-state index in [1.54, 1.807) is 18.2 Å². The Bertz CT molecular complexity index is 631.